The average Bonchev–Trinajstić information content (AvgIpc) is 2.83. The van der Waals surface area contributed by atoms with Crippen molar-refractivity contribution in [3.05, 3.63) is 84.3 Å². The molecule has 0 atom stereocenters. The number of amides is 2. The lowest BCUT2D eigenvalue weighted by atomic mass is 10.2. The Kier molecular flexibility index (Phi) is 8.48. The molecule has 3 rings (SSSR count). The summed E-state index contributed by atoms with van der Waals surface area (Å²) in [6.07, 6.45) is 1.82. The Morgan fingerprint density at radius 2 is 1.88 bits per heavy atom. The first kappa shape index (κ1) is 23.4. The first-order valence-electron chi connectivity index (χ1n) is 10.4. The van der Waals surface area contributed by atoms with Crippen molar-refractivity contribution in [2.75, 3.05) is 11.4 Å². The van der Waals surface area contributed by atoms with E-state index in [0.29, 0.717) is 17.3 Å². The largest absolute Gasteiger partial charge is 0.439 e. The van der Waals surface area contributed by atoms with E-state index in [4.69, 9.17) is 10.00 Å². The third-order valence-electron chi connectivity index (χ3n) is 4.69. The van der Waals surface area contributed by atoms with Gasteiger partial charge in [0, 0.05) is 49.9 Å². The van der Waals surface area contributed by atoms with Gasteiger partial charge >= 0.3 is 0 Å². The van der Waals surface area contributed by atoms with Gasteiger partial charge in [0.05, 0.1) is 12.5 Å². The van der Waals surface area contributed by atoms with Crippen LogP contribution in [-0.4, -0.2) is 23.3 Å². The molecule has 1 N–H and O–H groups in total. The standard InChI is InChI=1S/C25H23FN4O3/c26-20-6-4-9-22(16-20)33-24-12-10-19(18-29-24)17-28-23(31)11-13-25(32)30(15-5-14-27)21-7-2-1-3-8-21/h1-4,6-10,12,16,18H,5,11,13,15,17H2,(H,28,31). The molecule has 0 bridgehead atoms. The van der Waals surface area contributed by atoms with Gasteiger partial charge in [-0.05, 0) is 29.8 Å². The van der Waals surface area contributed by atoms with Crippen molar-refractivity contribution in [2.24, 2.45) is 0 Å². The van der Waals surface area contributed by atoms with Crippen LogP contribution in [-0.2, 0) is 16.1 Å². The summed E-state index contributed by atoms with van der Waals surface area (Å²) in [5.41, 5.74) is 1.45. The lowest BCUT2D eigenvalue weighted by molar-refractivity contribution is -0.125. The number of hydrogen-bond acceptors (Lipinski definition) is 5. The molecular formula is C25H23FN4O3. The van der Waals surface area contributed by atoms with Crippen molar-refractivity contribution in [2.45, 2.75) is 25.8 Å². The molecule has 8 heteroatoms. The molecule has 3 aromatic rings. The van der Waals surface area contributed by atoms with Crippen LogP contribution in [0.1, 0.15) is 24.8 Å². The molecule has 1 aromatic heterocycles. The Morgan fingerprint density at radius 3 is 2.58 bits per heavy atom. The zero-order valence-electron chi connectivity index (χ0n) is 17.9. The van der Waals surface area contributed by atoms with Gasteiger partial charge in [0.15, 0.2) is 0 Å². The number of pyridine rings is 1. The smallest absolute Gasteiger partial charge is 0.227 e. The van der Waals surface area contributed by atoms with Gasteiger partial charge in [0.2, 0.25) is 17.7 Å². The molecule has 0 saturated carbocycles. The summed E-state index contributed by atoms with van der Waals surface area (Å²) >= 11 is 0. The second kappa shape index (κ2) is 12.0. The zero-order valence-corrected chi connectivity index (χ0v) is 17.9. The van der Waals surface area contributed by atoms with Gasteiger partial charge in [0.1, 0.15) is 11.6 Å². The van der Waals surface area contributed by atoms with Gasteiger partial charge in [-0.2, -0.15) is 5.26 Å². The monoisotopic (exact) mass is 446 g/mol. The second-order valence-corrected chi connectivity index (χ2v) is 7.13. The maximum Gasteiger partial charge on any atom is 0.227 e. The van der Waals surface area contributed by atoms with Crippen molar-refractivity contribution in [1.29, 1.82) is 5.26 Å². The Hall–Kier alpha value is -4.25. The number of rotatable bonds is 10. The summed E-state index contributed by atoms with van der Waals surface area (Å²) in [5.74, 6) is -0.238. The van der Waals surface area contributed by atoms with E-state index in [2.05, 4.69) is 10.3 Å². The van der Waals surface area contributed by atoms with E-state index in [1.807, 2.05) is 24.3 Å². The number of anilines is 1. The predicted octanol–water partition coefficient (Wildman–Crippen LogP) is 4.36. The summed E-state index contributed by atoms with van der Waals surface area (Å²) in [5, 5.41) is 11.6. The van der Waals surface area contributed by atoms with E-state index >= 15 is 0 Å². The fraction of sp³-hybridized carbons (Fsp3) is 0.200. The molecule has 1 heterocycles. The number of benzene rings is 2. The van der Waals surface area contributed by atoms with E-state index in [-0.39, 0.29) is 44.2 Å². The highest BCUT2D eigenvalue weighted by Crippen LogP contribution is 2.20. The fourth-order valence-corrected chi connectivity index (χ4v) is 3.04. The number of para-hydroxylation sites is 1. The van der Waals surface area contributed by atoms with Crippen LogP contribution in [0.3, 0.4) is 0 Å². The molecule has 0 radical (unpaired) electrons. The molecule has 7 nitrogen and oxygen atoms in total. The number of nitriles is 1. The van der Waals surface area contributed by atoms with Gasteiger partial charge in [-0.1, -0.05) is 30.3 Å². The number of hydrogen-bond donors (Lipinski definition) is 1. The van der Waals surface area contributed by atoms with E-state index in [1.54, 1.807) is 42.6 Å². The molecular weight excluding hydrogens is 423 g/mol. The van der Waals surface area contributed by atoms with Crippen LogP contribution in [0.2, 0.25) is 0 Å². The molecule has 0 aliphatic carbocycles. The van der Waals surface area contributed by atoms with Gasteiger partial charge in [-0.25, -0.2) is 9.37 Å². The first-order chi connectivity index (χ1) is 16.0. The van der Waals surface area contributed by atoms with Gasteiger partial charge in [-0.15, -0.1) is 0 Å². The minimum Gasteiger partial charge on any atom is -0.439 e. The van der Waals surface area contributed by atoms with Crippen LogP contribution in [0.15, 0.2) is 72.9 Å². The van der Waals surface area contributed by atoms with Crippen LogP contribution in [0.25, 0.3) is 0 Å². The SMILES string of the molecule is N#CCCN(C(=O)CCC(=O)NCc1ccc(Oc2cccc(F)c2)nc1)c1ccccc1. The molecule has 0 spiro atoms. The molecule has 0 aliphatic heterocycles. The van der Waals surface area contributed by atoms with E-state index in [0.717, 1.165) is 5.56 Å². The van der Waals surface area contributed by atoms with Crippen LogP contribution in [0.4, 0.5) is 10.1 Å². The normalized spacial score (nSPS) is 10.2. The highest BCUT2D eigenvalue weighted by molar-refractivity contribution is 5.95. The van der Waals surface area contributed by atoms with Crippen LogP contribution in [0, 0.1) is 17.1 Å². The van der Waals surface area contributed by atoms with Gasteiger partial charge in [0.25, 0.3) is 0 Å². The number of nitrogens with one attached hydrogen (secondary N) is 1. The quantitative estimate of drug-likeness (QED) is 0.499. The van der Waals surface area contributed by atoms with E-state index in [9.17, 15) is 14.0 Å². The zero-order chi connectivity index (χ0) is 23.5. The van der Waals surface area contributed by atoms with Crippen molar-refractivity contribution < 1.29 is 18.7 Å². The first-order valence-corrected chi connectivity index (χ1v) is 10.4. The molecule has 0 unspecified atom stereocenters. The summed E-state index contributed by atoms with van der Waals surface area (Å²) in [4.78, 5) is 30.5. The molecule has 2 amide bonds. The van der Waals surface area contributed by atoms with Crippen molar-refractivity contribution in [1.82, 2.24) is 10.3 Å². The van der Waals surface area contributed by atoms with E-state index in [1.165, 1.54) is 17.0 Å². The number of halogens is 1. The minimum atomic E-state index is -0.401. The van der Waals surface area contributed by atoms with Crippen molar-refractivity contribution in [3.8, 4) is 17.7 Å². The summed E-state index contributed by atoms with van der Waals surface area (Å²) < 4.78 is 18.7. The van der Waals surface area contributed by atoms with Gasteiger partial charge < -0.3 is 15.0 Å². The Morgan fingerprint density at radius 1 is 1.06 bits per heavy atom. The highest BCUT2D eigenvalue weighted by atomic mass is 19.1. The molecule has 0 aliphatic rings. The lowest BCUT2D eigenvalue weighted by Crippen LogP contribution is -2.33. The van der Waals surface area contributed by atoms with Gasteiger partial charge in [-0.3, -0.25) is 9.59 Å². The van der Waals surface area contributed by atoms with Crippen molar-refractivity contribution >= 4 is 17.5 Å². The number of aromatic nitrogens is 1. The molecule has 33 heavy (non-hydrogen) atoms. The third kappa shape index (κ3) is 7.43. The van der Waals surface area contributed by atoms with Crippen LogP contribution < -0.4 is 15.0 Å². The number of carbonyl (C=O) groups excluding carboxylic acids is 2. The second-order valence-electron chi connectivity index (χ2n) is 7.13. The number of carbonyl (C=O) groups is 2. The Balaban J connectivity index is 1.46. The molecule has 0 fully saturated rings. The number of nitrogens with zero attached hydrogens (tertiary/aromatic N) is 3. The Labute approximate surface area is 191 Å². The molecule has 0 saturated heterocycles. The fourth-order valence-electron chi connectivity index (χ4n) is 3.04. The van der Waals surface area contributed by atoms with Crippen LogP contribution >= 0.6 is 0 Å². The van der Waals surface area contributed by atoms with Crippen molar-refractivity contribution in [3.63, 3.8) is 0 Å². The maximum atomic E-state index is 13.2. The Bertz CT molecular complexity index is 1110. The topological polar surface area (TPSA) is 95.3 Å². The van der Waals surface area contributed by atoms with E-state index < -0.39 is 5.82 Å². The predicted molar refractivity (Wildman–Crippen MR) is 121 cm³/mol. The summed E-state index contributed by atoms with van der Waals surface area (Å²) in [6, 6.07) is 20.2. The number of ether oxygens (including phenoxy) is 1. The third-order valence-corrected chi connectivity index (χ3v) is 4.69. The minimum absolute atomic E-state index is 0.0307. The summed E-state index contributed by atoms with van der Waals surface area (Å²) in [6.45, 7) is 0.522. The maximum absolute atomic E-state index is 13.2. The lowest BCUT2D eigenvalue weighted by Gasteiger charge is -2.21. The van der Waals surface area contributed by atoms with Crippen LogP contribution in [0.5, 0.6) is 11.6 Å². The average molecular weight is 446 g/mol. The highest BCUT2D eigenvalue weighted by Gasteiger charge is 2.16. The molecule has 168 valence electrons. The molecule has 2 aromatic carbocycles. The summed E-state index contributed by atoms with van der Waals surface area (Å²) in [7, 11) is 0.